The Morgan fingerprint density at radius 2 is 0.913 bits per heavy atom. The van der Waals surface area contributed by atoms with E-state index >= 15 is 0 Å². The van der Waals surface area contributed by atoms with Crippen LogP contribution in [0.1, 0.15) is 70.6 Å². The first-order chi connectivity index (χ1) is 11.4. The molecular weight excluding hydrogens is 328 g/mol. The van der Waals surface area contributed by atoms with Crippen LogP contribution in [-0.2, 0) is 9.47 Å². The van der Waals surface area contributed by atoms with E-state index in [4.69, 9.17) is 9.47 Å². The third kappa shape index (κ3) is 9.50. The van der Waals surface area contributed by atoms with Gasteiger partial charge in [-0.05, 0) is 25.7 Å². The van der Waals surface area contributed by atoms with E-state index in [1.807, 2.05) is 0 Å². The molecule has 2 rings (SSSR count). The Hall–Kier alpha value is -0.360. The quantitative estimate of drug-likeness (QED) is 0.541. The summed E-state index contributed by atoms with van der Waals surface area (Å²) in [7, 11) is 3.13. The standard InChI is InChI=1S/C17H30N2O2S2/c1-2-6-10-14-20-16(18-12-8-4-1)22-23-17-19-13-9-5-3-7-11-15-21-17/h1-15H2. The molecule has 2 aliphatic heterocycles. The van der Waals surface area contributed by atoms with Gasteiger partial charge in [0.25, 0.3) is 10.5 Å². The van der Waals surface area contributed by atoms with E-state index in [-0.39, 0.29) is 0 Å². The van der Waals surface area contributed by atoms with Gasteiger partial charge in [-0.2, -0.15) is 0 Å². The van der Waals surface area contributed by atoms with Crippen LogP contribution in [0.4, 0.5) is 0 Å². The minimum Gasteiger partial charge on any atom is -0.472 e. The summed E-state index contributed by atoms with van der Waals surface area (Å²) in [5.74, 6) is 0. The summed E-state index contributed by atoms with van der Waals surface area (Å²) in [6, 6.07) is 0. The predicted octanol–water partition coefficient (Wildman–Crippen LogP) is 5.43. The van der Waals surface area contributed by atoms with Gasteiger partial charge < -0.3 is 9.47 Å². The maximum atomic E-state index is 5.85. The average Bonchev–Trinajstić information content (AvgIpc) is 2.64. The maximum Gasteiger partial charge on any atom is 0.257 e. The molecule has 0 aliphatic carbocycles. The van der Waals surface area contributed by atoms with Gasteiger partial charge in [-0.25, -0.2) is 9.98 Å². The van der Waals surface area contributed by atoms with Crippen molar-refractivity contribution in [2.45, 2.75) is 70.6 Å². The van der Waals surface area contributed by atoms with Crippen molar-refractivity contribution in [2.24, 2.45) is 9.98 Å². The van der Waals surface area contributed by atoms with Crippen LogP contribution in [0.3, 0.4) is 0 Å². The zero-order valence-corrected chi connectivity index (χ0v) is 15.8. The van der Waals surface area contributed by atoms with Gasteiger partial charge in [0.05, 0.1) is 13.2 Å². The molecule has 0 spiro atoms. The van der Waals surface area contributed by atoms with Crippen molar-refractivity contribution < 1.29 is 9.47 Å². The maximum absolute atomic E-state index is 5.85. The molecule has 0 aromatic carbocycles. The Morgan fingerprint density at radius 1 is 0.522 bits per heavy atom. The molecule has 0 saturated heterocycles. The predicted molar refractivity (Wildman–Crippen MR) is 102 cm³/mol. The lowest BCUT2D eigenvalue weighted by Gasteiger charge is -2.12. The number of ether oxygens (including phenoxy) is 2. The third-order valence-corrected chi connectivity index (χ3v) is 5.94. The molecule has 6 heteroatoms. The van der Waals surface area contributed by atoms with E-state index in [1.54, 1.807) is 21.6 Å². The molecular formula is C17H30N2O2S2. The lowest BCUT2D eigenvalue weighted by atomic mass is 10.1. The summed E-state index contributed by atoms with van der Waals surface area (Å²) in [6.45, 7) is 3.30. The summed E-state index contributed by atoms with van der Waals surface area (Å²) in [5, 5.41) is 1.58. The summed E-state index contributed by atoms with van der Waals surface area (Å²) >= 11 is 0. The second-order valence-corrected chi connectivity index (χ2v) is 8.08. The van der Waals surface area contributed by atoms with Crippen LogP contribution in [0.5, 0.6) is 0 Å². The van der Waals surface area contributed by atoms with Gasteiger partial charge in [-0.1, -0.05) is 44.9 Å². The number of nitrogens with zero attached hydrogens (tertiary/aromatic N) is 2. The fourth-order valence-corrected chi connectivity index (χ4v) is 4.31. The van der Waals surface area contributed by atoms with E-state index in [2.05, 4.69) is 9.98 Å². The topological polar surface area (TPSA) is 43.2 Å². The van der Waals surface area contributed by atoms with Gasteiger partial charge >= 0.3 is 0 Å². The van der Waals surface area contributed by atoms with Crippen molar-refractivity contribution in [2.75, 3.05) is 26.3 Å². The summed E-state index contributed by atoms with van der Waals surface area (Å²) in [4.78, 5) is 9.20. The molecule has 0 bridgehead atoms. The molecule has 0 radical (unpaired) electrons. The minimum atomic E-state index is 0.778. The molecule has 0 fully saturated rings. The van der Waals surface area contributed by atoms with Crippen LogP contribution in [0.15, 0.2) is 9.98 Å². The highest BCUT2D eigenvalue weighted by molar-refractivity contribution is 8.87. The number of hydrogen-bond acceptors (Lipinski definition) is 6. The fraction of sp³-hybridized carbons (Fsp3) is 0.882. The van der Waals surface area contributed by atoms with Gasteiger partial charge in [0, 0.05) is 34.7 Å². The molecule has 0 atom stereocenters. The smallest absolute Gasteiger partial charge is 0.257 e. The summed E-state index contributed by atoms with van der Waals surface area (Å²) < 4.78 is 11.7. The molecule has 132 valence electrons. The van der Waals surface area contributed by atoms with Crippen molar-refractivity contribution in [3.05, 3.63) is 0 Å². The largest absolute Gasteiger partial charge is 0.472 e. The van der Waals surface area contributed by atoms with Gasteiger partial charge in [0.2, 0.25) is 0 Å². The molecule has 4 nitrogen and oxygen atoms in total. The Morgan fingerprint density at radius 3 is 1.39 bits per heavy atom. The molecule has 0 aromatic heterocycles. The Bertz CT molecular complexity index is 376. The summed E-state index contributed by atoms with van der Waals surface area (Å²) in [5.41, 5.74) is 0. The minimum absolute atomic E-state index is 0.778. The van der Waals surface area contributed by atoms with E-state index in [0.29, 0.717) is 0 Å². The molecule has 0 N–H and O–H groups in total. The highest BCUT2D eigenvalue weighted by Crippen LogP contribution is 2.27. The van der Waals surface area contributed by atoms with Crippen LogP contribution in [0.2, 0.25) is 0 Å². The molecule has 2 aliphatic rings. The highest BCUT2D eigenvalue weighted by atomic mass is 33.1. The van der Waals surface area contributed by atoms with Crippen LogP contribution >= 0.6 is 21.6 Å². The van der Waals surface area contributed by atoms with Gasteiger partial charge in [-0.3, -0.25) is 0 Å². The number of rotatable bonds is 0. The zero-order valence-electron chi connectivity index (χ0n) is 14.1. The van der Waals surface area contributed by atoms with Crippen LogP contribution in [0.25, 0.3) is 0 Å². The van der Waals surface area contributed by atoms with E-state index < -0.39 is 0 Å². The van der Waals surface area contributed by atoms with Crippen molar-refractivity contribution >= 4 is 32.0 Å². The van der Waals surface area contributed by atoms with Crippen LogP contribution in [0, 0.1) is 0 Å². The van der Waals surface area contributed by atoms with Gasteiger partial charge in [0.1, 0.15) is 0 Å². The molecule has 0 aromatic rings. The van der Waals surface area contributed by atoms with Crippen molar-refractivity contribution in [3.63, 3.8) is 0 Å². The molecule has 0 saturated carbocycles. The van der Waals surface area contributed by atoms with Crippen LogP contribution < -0.4 is 0 Å². The Kier molecular flexibility index (Phi) is 10.7. The second-order valence-electron chi connectivity index (χ2n) is 6.05. The first-order valence-corrected chi connectivity index (χ1v) is 11.3. The number of hydrogen-bond donors (Lipinski definition) is 0. The SMILES string of the molecule is C1CCCCOC(SSC2=NCCCCCCCO2)=NCCC1. The number of aliphatic imine (C=N–C) groups is 2. The lowest BCUT2D eigenvalue weighted by molar-refractivity contribution is 0.297. The van der Waals surface area contributed by atoms with E-state index in [1.165, 1.54) is 44.9 Å². The molecule has 0 amide bonds. The fourth-order valence-electron chi connectivity index (χ4n) is 2.59. The average molecular weight is 359 g/mol. The van der Waals surface area contributed by atoms with Crippen molar-refractivity contribution in [1.29, 1.82) is 0 Å². The van der Waals surface area contributed by atoms with Crippen LogP contribution in [-0.4, -0.2) is 36.8 Å². The first-order valence-electron chi connectivity index (χ1n) is 9.14. The van der Waals surface area contributed by atoms with Gasteiger partial charge in [0.15, 0.2) is 0 Å². The highest BCUT2D eigenvalue weighted by Gasteiger charge is 2.10. The Balaban J connectivity index is 1.79. The molecule has 0 unspecified atom stereocenters. The molecule has 23 heavy (non-hydrogen) atoms. The zero-order chi connectivity index (χ0) is 16.0. The lowest BCUT2D eigenvalue weighted by Crippen LogP contribution is -2.06. The van der Waals surface area contributed by atoms with E-state index in [0.717, 1.165) is 62.4 Å². The van der Waals surface area contributed by atoms with E-state index in [9.17, 15) is 0 Å². The second kappa shape index (κ2) is 13.0. The summed E-state index contributed by atoms with van der Waals surface area (Å²) in [6.07, 6.45) is 13.6. The van der Waals surface area contributed by atoms with Gasteiger partial charge in [-0.15, -0.1) is 0 Å². The third-order valence-electron chi connectivity index (χ3n) is 3.97. The van der Waals surface area contributed by atoms with Crippen molar-refractivity contribution in [3.8, 4) is 0 Å². The van der Waals surface area contributed by atoms with Crippen molar-refractivity contribution in [1.82, 2.24) is 0 Å². The monoisotopic (exact) mass is 358 g/mol. The first kappa shape index (κ1) is 19.0. The Labute approximate surface area is 148 Å². The normalized spacial score (nSPS) is 22.6. The molecule has 2 heterocycles.